The molecule has 6 heteroatoms. The van der Waals surface area contributed by atoms with Crippen LogP contribution in [-0.4, -0.2) is 55.3 Å². The summed E-state index contributed by atoms with van der Waals surface area (Å²) in [6.07, 6.45) is 0.154. The lowest BCUT2D eigenvalue weighted by Gasteiger charge is -2.43. The zero-order chi connectivity index (χ0) is 13.6. The number of hydrogen-bond donors (Lipinski definition) is 1. The number of hydrogen-bond acceptors (Lipinski definition) is 5. The molecule has 0 aromatic rings. The smallest absolute Gasteiger partial charge is 0.408 e. The van der Waals surface area contributed by atoms with Crippen LogP contribution in [0, 0.1) is 0 Å². The summed E-state index contributed by atoms with van der Waals surface area (Å²) in [4.78, 5) is 23.8. The van der Waals surface area contributed by atoms with Crippen molar-refractivity contribution in [1.29, 1.82) is 0 Å². The van der Waals surface area contributed by atoms with E-state index < -0.39 is 6.09 Å². The molecule has 0 saturated carbocycles. The summed E-state index contributed by atoms with van der Waals surface area (Å²) in [7, 11) is 0. The molecule has 1 atom stereocenters. The van der Waals surface area contributed by atoms with Crippen molar-refractivity contribution < 1.29 is 19.1 Å². The first-order valence-corrected chi connectivity index (χ1v) is 6.18. The molecule has 1 heterocycles. The number of nitrogens with one attached hydrogen (secondary N) is 1. The minimum atomic E-state index is -0.512. The lowest BCUT2D eigenvalue weighted by Crippen LogP contribution is -2.56. The van der Waals surface area contributed by atoms with Crippen LogP contribution in [0.3, 0.4) is 0 Å². The Hall–Kier alpha value is -1.14. The highest BCUT2D eigenvalue weighted by Gasteiger charge is 2.34. The molecule has 0 bridgehead atoms. The monoisotopic (exact) mass is 258 g/mol. The van der Waals surface area contributed by atoms with Gasteiger partial charge in [0.25, 0.3) is 0 Å². The number of nitrogens with zero attached hydrogens (tertiary/aromatic N) is 1. The topological polar surface area (TPSA) is 67.9 Å². The summed E-state index contributed by atoms with van der Waals surface area (Å²) in [5.41, 5.74) is -0.0858. The molecule has 1 N–H and O–H groups in total. The van der Waals surface area contributed by atoms with Gasteiger partial charge in [0.05, 0.1) is 13.2 Å². The van der Waals surface area contributed by atoms with Gasteiger partial charge in [-0.25, -0.2) is 4.79 Å². The summed E-state index contributed by atoms with van der Waals surface area (Å²) in [6, 6.07) is 0. The van der Waals surface area contributed by atoms with Gasteiger partial charge in [0.15, 0.2) is 6.23 Å². The van der Waals surface area contributed by atoms with Crippen LogP contribution in [0.25, 0.3) is 0 Å². The van der Waals surface area contributed by atoms with Crippen LogP contribution in [0.2, 0.25) is 0 Å². The molecule has 18 heavy (non-hydrogen) atoms. The Morgan fingerprint density at radius 3 is 2.89 bits per heavy atom. The van der Waals surface area contributed by atoms with Crippen molar-refractivity contribution in [3.8, 4) is 0 Å². The van der Waals surface area contributed by atoms with Crippen molar-refractivity contribution in [3.05, 3.63) is 0 Å². The van der Waals surface area contributed by atoms with E-state index in [0.29, 0.717) is 26.2 Å². The Kier molecular flexibility index (Phi) is 5.55. The van der Waals surface area contributed by atoms with Crippen molar-refractivity contribution in [2.24, 2.45) is 0 Å². The van der Waals surface area contributed by atoms with Gasteiger partial charge in [-0.1, -0.05) is 0 Å². The predicted octanol–water partition coefficient (Wildman–Crippen LogP) is 0.758. The van der Waals surface area contributed by atoms with Gasteiger partial charge in [0.2, 0.25) is 0 Å². The number of aldehydes is 1. The minimum absolute atomic E-state index is 0.0858. The molecular weight excluding hydrogens is 236 g/mol. The first-order chi connectivity index (χ1) is 8.45. The first kappa shape index (κ1) is 14.9. The molecule has 0 aromatic heterocycles. The van der Waals surface area contributed by atoms with Crippen molar-refractivity contribution >= 4 is 12.4 Å². The van der Waals surface area contributed by atoms with Crippen molar-refractivity contribution in [3.63, 3.8) is 0 Å². The number of carbonyl (C=O) groups is 2. The second-order valence-electron chi connectivity index (χ2n) is 5.18. The summed E-state index contributed by atoms with van der Waals surface area (Å²) in [5, 5.41) is 2.53. The zero-order valence-corrected chi connectivity index (χ0v) is 11.3. The van der Waals surface area contributed by atoms with Crippen molar-refractivity contribution in [1.82, 2.24) is 10.2 Å². The number of carbonyl (C=O) groups excluding carboxylic acids is 2. The molecule has 0 spiro atoms. The molecule has 1 rings (SSSR count). The molecule has 1 aliphatic rings. The van der Waals surface area contributed by atoms with Gasteiger partial charge in [-0.3, -0.25) is 4.90 Å². The van der Waals surface area contributed by atoms with Gasteiger partial charge in [-0.2, -0.15) is 0 Å². The van der Waals surface area contributed by atoms with E-state index in [2.05, 4.69) is 31.0 Å². The first-order valence-electron chi connectivity index (χ1n) is 6.18. The van der Waals surface area contributed by atoms with Crippen LogP contribution in [0.4, 0.5) is 4.79 Å². The molecule has 1 saturated heterocycles. The molecule has 0 aromatic carbocycles. The van der Waals surface area contributed by atoms with E-state index in [9.17, 15) is 9.59 Å². The van der Waals surface area contributed by atoms with Crippen LogP contribution in [0.15, 0.2) is 0 Å². The number of rotatable bonds is 4. The fourth-order valence-electron chi connectivity index (χ4n) is 1.84. The summed E-state index contributed by atoms with van der Waals surface area (Å²) < 4.78 is 10.6. The number of alkyl carbamates (subject to hydrolysis) is 1. The van der Waals surface area contributed by atoms with Crippen LogP contribution < -0.4 is 5.32 Å². The van der Waals surface area contributed by atoms with Gasteiger partial charge in [0, 0.05) is 25.0 Å². The zero-order valence-electron chi connectivity index (χ0n) is 11.3. The molecular formula is C12H22N2O4. The van der Waals surface area contributed by atoms with E-state index in [0.717, 1.165) is 12.8 Å². The molecule has 6 nitrogen and oxygen atoms in total. The lowest BCUT2D eigenvalue weighted by molar-refractivity contribution is -0.140. The van der Waals surface area contributed by atoms with E-state index in [1.807, 2.05) is 0 Å². The van der Waals surface area contributed by atoms with Crippen LogP contribution in [0.1, 0.15) is 27.2 Å². The largest absolute Gasteiger partial charge is 0.428 e. The molecule has 0 radical (unpaired) electrons. The van der Waals surface area contributed by atoms with Gasteiger partial charge in [0.1, 0.15) is 6.29 Å². The maximum absolute atomic E-state index is 11.5. The standard InChI is InChI=1S/C12H22N2O4/c1-12(2,3)14-6-8-17-9-10(14)18-11(16)13-5-4-7-15/h7,10H,4-6,8-9H2,1-3H3,(H,13,16). The molecule has 0 aliphatic carbocycles. The SMILES string of the molecule is CC(C)(C)N1CCOCC1OC(=O)NCCC=O. The van der Waals surface area contributed by atoms with Gasteiger partial charge >= 0.3 is 6.09 Å². The fourth-order valence-corrected chi connectivity index (χ4v) is 1.84. The third-order valence-electron chi connectivity index (χ3n) is 2.72. The normalized spacial score (nSPS) is 21.4. The Balaban J connectivity index is 2.46. The maximum Gasteiger partial charge on any atom is 0.408 e. The van der Waals surface area contributed by atoms with Gasteiger partial charge in [-0.05, 0) is 20.8 Å². The van der Waals surface area contributed by atoms with Gasteiger partial charge < -0.3 is 19.6 Å². The molecule has 104 valence electrons. The van der Waals surface area contributed by atoms with Gasteiger partial charge in [-0.15, -0.1) is 0 Å². The minimum Gasteiger partial charge on any atom is -0.428 e. The number of ether oxygens (including phenoxy) is 2. The highest BCUT2D eigenvalue weighted by Crippen LogP contribution is 2.20. The Morgan fingerprint density at radius 1 is 1.56 bits per heavy atom. The van der Waals surface area contributed by atoms with E-state index in [1.165, 1.54) is 0 Å². The molecule has 1 amide bonds. The fraction of sp³-hybridized carbons (Fsp3) is 0.833. The Bertz CT molecular complexity index is 288. The highest BCUT2D eigenvalue weighted by molar-refractivity contribution is 5.67. The average Bonchev–Trinajstić information content (AvgIpc) is 2.28. The quantitative estimate of drug-likeness (QED) is 0.595. The summed E-state index contributed by atoms with van der Waals surface area (Å²) in [6.45, 7) is 8.25. The lowest BCUT2D eigenvalue weighted by atomic mass is 10.1. The van der Waals surface area contributed by atoms with Crippen LogP contribution in [0.5, 0.6) is 0 Å². The second kappa shape index (κ2) is 6.70. The van der Waals surface area contributed by atoms with Crippen molar-refractivity contribution in [2.45, 2.75) is 39.0 Å². The second-order valence-corrected chi connectivity index (χ2v) is 5.18. The van der Waals surface area contributed by atoms with E-state index in [-0.39, 0.29) is 11.8 Å². The third kappa shape index (κ3) is 4.62. The Morgan fingerprint density at radius 2 is 2.28 bits per heavy atom. The molecule has 1 fully saturated rings. The number of amides is 1. The van der Waals surface area contributed by atoms with E-state index in [1.54, 1.807) is 0 Å². The highest BCUT2D eigenvalue weighted by atomic mass is 16.6. The third-order valence-corrected chi connectivity index (χ3v) is 2.72. The van der Waals surface area contributed by atoms with Crippen LogP contribution >= 0.6 is 0 Å². The maximum atomic E-state index is 11.5. The number of morpholine rings is 1. The van der Waals surface area contributed by atoms with Crippen molar-refractivity contribution in [2.75, 3.05) is 26.3 Å². The summed E-state index contributed by atoms with van der Waals surface area (Å²) in [5.74, 6) is 0. The summed E-state index contributed by atoms with van der Waals surface area (Å²) >= 11 is 0. The Labute approximate surface area is 108 Å². The predicted molar refractivity (Wildman–Crippen MR) is 66.2 cm³/mol. The van der Waals surface area contributed by atoms with Crippen LogP contribution in [-0.2, 0) is 14.3 Å². The van der Waals surface area contributed by atoms with E-state index >= 15 is 0 Å². The van der Waals surface area contributed by atoms with E-state index in [4.69, 9.17) is 9.47 Å². The molecule has 1 aliphatic heterocycles. The molecule has 1 unspecified atom stereocenters. The average molecular weight is 258 g/mol.